The van der Waals surface area contributed by atoms with Gasteiger partial charge in [-0.1, -0.05) is 12.1 Å². The number of nitrogens with zero attached hydrogens (tertiary/aromatic N) is 1. The third-order valence-electron chi connectivity index (χ3n) is 3.17. The predicted molar refractivity (Wildman–Crippen MR) is 66.6 cm³/mol. The molecule has 0 aliphatic carbocycles. The second-order valence-corrected chi connectivity index (χ2v) is 4.30. The maximum absolute atomic E-state index is 12.3. The number of carbonyl (C=O) groups is 1. The molecule has 1 aromatic rings. The second kappa shape index (κ2) is 5.29. The van der Waals surface area contributed by atoms with E-state index in [0.717, 1.165) is 18.8 Å². The first kappa shape index (κ1) is 12.1. The number of piperazine rings is 1. The second-order valence-electron chi connectivity index (χ2n) is 4.30. The molecule has 0 spiro atoms. The Morgan fingerprint density at radius 1 is 1.53 bits per heavy atom. The highest BCUT2D eigenvalue weighted by Gasteiger charge is 2.26. The van der Waals surface area contributed by atoms with E-state index in [1.54, 1.807) is 13.2 Å². The largest absolute Gasteiger partial charge is 0.497 e. The summed E-state index contributed by atoms with van der Waals surface area (Å²) >= 11 is 0. The molecule has 1 aliphatic heterocycles. The number of Topliss-reactive ketones (excluding diaryl/α,β-unsaturated/α-hetero) is 1. The lowest BCUT2D eigenvalue weighted by atomic mass is 10.0. The molecule has 1 aromatic carbocycles. The Hall–Kier alpha value is -1.39. The van der Waals surface area contributed by atoms with Gasteiger partial charge in [-0.2, -0.15) is 0 Å². The molecule has 1 fully saturated rings. The molecule has 0 radical (unpaired) electrons. The molecule has 4 heteroatoms. The van der Waals surface area contributed by atoms with Gasteiger partial charge in [-0.05, 0) is 19.2 Å². The van der Waals surface area contributed by atoms with E-state index in [4.69, 9.17) is 4.74 Å². The van der Waals surface area contributed by atoms with Crippen LogP contribution >= 0.6 is 0 Å². The Bertz CT molecular complexity index is 406. The van der Waals surface area contributed by atoms with Crippen molar-refractivity contribution < 1.29 is 9.53 Å². The van der Waals surface area contributed by atoms with Crippen LogP contribution < -0.4 is 10.1 Å². The van der Waals surface area contributed by atoms with Crippen molar-refractivity contribution in [2.45, 2.75) is 6.04 Å². The van der Waals surface area contributed by atoms with E-state index in [-0.39, 0.29) is 11.8 Å². The fourth-order valence-corrected chi connectivity index (χ4v) is 2.07. The summed E-state index contributed by atoms with van der Waals surface area (Å²) in [6, 6.07) is 7.26. The van der Waals surface area contributed by atoms with Crippen molar-refractivity contribution in [3.8, 4) is 5.75 Å². The van der Waals surface area contributed by atoms with Gasteiger partial charge in [-0.15, -0.1) is 0 Å². The minimum absolute atomic E-state index is 0.0733. The third kappa shape index (κ3) is 2.65. The topological polar surface area (TPSA) is 41.6 Å². The van der Waals surface area contributed by atoms with Crippen LogP contribution in [0, 0.1) is 0 Å². The van der Waals surface area contributed by atoms with Gasteiger partial charge in [0.1, 0.15) is 5.75 Å². The Balaban J connectivity index is 2.17. The fraction of sp³-hybridized carbons (Fsp3) is 0.462. The molecule has 4 nitrogen and oxygen atoms in total. The van der Waals surface area contributed by atoms with Gasteiger partial charge in [0.15, 0.2) is 5.78 Å². The van der Waals surface area contributed by atoms with Crippen LogP contribution in [0.15, 0.2) is 24.3 Å². The number of hydrogen-bond donors (Lipinski definition) is 1. The smallest absolute Gasteiger partial charge is 0.181 e. The highest BCUT2D eigenvalue weighted by Crippen LogP contribution is 2.16. The van der Waals surface area contributed by atoms with Gasteiger partial charge in [0.25, 0.3) is 0 Å². The van der Waals surface area contributed by atoms with Gasteiger partial charge in [0.05, 0.1) is 13.2 Å². The first-order valence-electron chi connectivity index (χ1n) is 5.81. The van der Waals surface area contributed by atoms with Crippen molar-refractivity contribution in [2.24, 2.45) is 0 Å². The van der Waals surface area contributed by atoms with E-state index < -0.39 is 0 Å². The van der Waals surface area contributed by atoms with Crippen LogP contribution in [0.4, 0.5) is 0 Å². The predicted octanol–water partition coefficient (Wildman–Crippen LogP) is 0.781. The van der Waals surface area contributed by atoms with Crippen molar-refractivity contribution in [3.05, 3.63) is 29.8 Å². The van der Waals surface area contributed by atoms with Crippen LogP contribution in [0.5, 0.6) is 5.75 Å². The van der Waals surface area contributed by atoms with E-state index in [2.05, 4.69) is 10.2 Å². The molecule has 0 bridgehead atoms. The molecule has 0 amide bonds. The van der Waals surface area contributed by atoms with Crippen LogP contribution in [0.3, 0.4) is 0 Å². The van der Waals surface area contributed by atoms with Crippen LogP contribution in [0.1, 0.15) is 10.4 Å². The molecule has 92 valence electrons. The molecule has 0 saturated carbocycles. The summed E-state index contributed by atoms with van der Waals surface area (Å²) in [7, 11) is 3.60. The zero-order valence-electron chi connectivity index (χ0n) is 10.3. The maximum Gasteiger partial charge on any atom is 0.181 e. The quantitative estimate of drug-likeness (QED) is 0.785. The van der Waals surface area contributed by atoms with Crippen molar-refractivity contribution in [3.63, 3.8) is 0 Å². The minimum Gasteiger partial charge on any atom is -0.497 e. The fourth-order valence-electron chi connectivity index (χ4n) is 2.07. The summed E-state index contributed by atoms with van der Waals surface area (Å²) in [4.78, 5) is 14.4. The molecule has 1 saturated heterocycles. The van der Waals surface area contributed by atoms with Gasteiger partial charge >= 0.3 is 0 Å². The van der Waals surface area contributed by atoms with Gasteiger partial charge in [0.2, 0.25) is 0 Å². The monoisotopic (exact) mass is 234 g/mol. The van der Waals surface area contributed by atoms with Crippen LogP contribution in [0.2, 0.25) is 0 Å². The number of carbonyl (C=O) groups excluding carboxylic acids is 1. The summed E-state index contributed by atoms with van der Waals surface area (Å²) in [5, 5.41) is 3.25. The third-order valence-corrected chi connectivity index (χ3v) is 3.17. The van der Waals surface area contributed by atoms with Crippen LogP contribution in [-0.4, -0.2) is 50.5 Å². The molecule has 1 N–H and O–H groups in total. The van der Waals surface area contributed by atoms with E-state index in [1.165, 1.54) is 0 Å². The van der Waals surface area contributed by atoms with Crippen molar-refractivity contribution in [1.82, 2.24) is 10.2 Å². The Labute approximate surface area is 102 Å². The van der Waals surface area contributed by atoms with Gasteiger partial charge in [0, 0.05) is 25.2 Å². The lowest BCUT2D eigenvalue weighted by Crippen LogP contribution is -2.53. The van der Waals surface area contributed by atoms with Gasteiger partial charge < -0.3 is 10.1 Å². The normalized spacial score (nSPS) is 21.2. The number of methoxy groups -OCH3 is 1. The zero-order chi connectivity index (χ0) is 12.3. The number of ketones is 1. The van der Waals surface area contributed by atoms with Crippen LogP contribution in [0.25, 0.3) is 0 Å². The molecular formula is C13H18N2O2. The van der Waals surface area contributed by atoms with E-state index >= 15 is 0 Å². The molecule has 0 aromatic heterocycles. The minimum atomic E-state index is -0.0733. The SMILES string of the molecule is COc1cccc(C(=O)C2CNCCN2C)c1. The molecular weight excluding hydrogens is 216 g/mol. The average Bonchev–Trinajstić information content (AvgIpc) is 2.38. The number of rotatable bonds is 3. The molecule has 1 atom stereocenters. The van der Waals surface area contributed by atoms with E-state index in [1.807, 2.05) is 25.2 Å². The van der Waals surface area contributed by atoms with Gasteiger partial charge in [-0.3, -0.25) is 9.69 Å². The number of ether oxygens (including phenoxy) is 1. The number of hydrogen-bond acceptors (Lipinski definition) is 4. The van der Waals surface area contributed by atoms with E-state index in [9.17, 15) is 4.79 Å². The first-order valence-corrected chi connectivity index (χ1v) is 5.81. The van der Waals surface area contributed by atoms with Gasteiger partial charge in [-0.25, -0.2) is 0 Å². The maximum atomic E-state index is 12.3. The molecule has 17 heavy (non-hydrogen) atoms. The van der Waals surface area contributed by atoms with Crippen molar-refractivity contribution in [1.29, 1.82) is 0 Å². The van der Waals surface area contributed by atoms with Crippen molar-refractivity contribution in [2.75, 3.05) is 33.8 Å². The Morgan fingerprint density at radius 2 is 2.35 bits per heavy atom. The standard InChI is InChI=1S/C13H18N2O2/c1-15-7-6-14-9-12(15)13(16)10-4-3-5-11(8-10)17-2/h3-5,8,12,14H,6-7,9H2,1-2H3. The van der Waals surface area contributed by atoms with Crippen LogP contribution in [-0.2, 0) is 0 Å². The summed E-state index contributed by atoms with van der Waals surface area (Å²) in [5.41, 5.74) is 0.713. The number of likely N-dealkylation sites (N-methyl/N-ethyl adjacent to an activating group) is 1. The number of benzene rings is 1. The highest BCUT2D eigenvalue weighted by atomic mass is 16.5. The summed E-state index contributed by atoms with van der Waals surface area (Å²) in [6.45, 7) is 2.56. The zero-order valence-corrected chi connectivity index (χ0v) is 10.3. The highest BCUT2D eigenvalue weighted by molar-refractivity contribution is 6.00. The summed E-state index contributed by atoms with van der Waals surface area (Å²) in [5.74, 6) is 0.876. The van der Waals surface area contributed by atoms with E-state index in [0.29, 0.717) is 12.1 Å². The average molecular weight is 234 g/mol. The first-order chi connectivity index (χ1) is 8.22. The van der Waals surface area contributed by atoms with Crippen molar-refractivity contribution >= 4 is 5.78 Å². The molecule has 2 rings (SSSR count). The summed E-state index contributed by atoms with van der Waals surface area (Å²) in [6.07, 6.45) is 0. The Kier molecular flexibility index (Phi) is 3.76. The lowest BCUT2D eigenvalue weighted by Gasteiger charge is -2.31. The molecule has 1 heterocycles. The number of nitrogens with one attached hydrogen (secondary N) is 1. The summed E-state index contributed by atoms with van der Waals surface area (Å²) < 4.78 is 5.14. The molecule has 1 aliphatic rings. The lowest BCUT2D eigenvalue weighted by molar-refractivity contribution is 0.0819. The molecule has 1 unspecified atom stereocenters. The Morgan fingerprint density at radius 3 is 3.06 bits per heavy atom.